The zero-order valence-corrected chi connectivity index (χ0v) is 11.7. The van der Waals surface area contributed by atoms with Gasteiger partial charge in [0, 0.05) is 30.6 Å². The van der Waals surface area contributed by atoms with Gasteiger partial charge in [0.2, 0.25) is 0 Å². The molecule has 2 aromatic heterocycles. The number of piperidine rings is 1. The Morgan fingerprint density at radius 3 is 3.20 bits per heavy atom. The molecule has 2 N–H and O–H groups in total. The summed E-state index contributed by atoms with van der Waals surface area (Å²) < 4.78 is 0. The Hall–Kier alpha value is -1.68. The van der Waals surface area contributed by atoms with Crippen LogP contribution in [0, 0.1) is 5.92 Å². The Morgan fingerprint density at radius 1 is 1.40 bits per heavy atom. The lowest BCUT2D eigenvalue weighted by Crippen LogP contribution is -2.31. The fraction of sp³-hybridized carbons (Fsp3) is 0.500. The van der Waals surface area contributed by atoms with Gasteiger partial charge in [-0.15, -0.1) is 0 Å². The number of ketones is 1. The standard InChI is InChI=1S/C16H21N3O/c20-14(10-12-2-1-7-17-11-12)4-3-13-5-8-18-16-15(13)6-9-19-16/h5-6,8-9,12,17H,1-4,7,10-11H2,(H,18,19). The Kier molecular flexibility index (Phi) is 4.11. The molecule has 20 heavy (non-hydrogen) atoms. The predicted molar refractivity (Wildman–Crippen MR) is 79.6 cm³/mol. The van der Waals surface area contributed by atoms with Gasteiger partial charge < -0.3 is 10.3 Å². The Bertz CT molecular complexity index is 584. The molecule has 1 fully saturated rings. The number of H-pyrrole nitrogens is 1. The summed E-state index contributed by atoms with van der Waals surface area (Å²) in [6, 6.07) is 4.05. The van der Waals surface area contributed by atoms with Gasteiger partial charge in [-0.2, -0.15) is 0 Å². The lowest BCUT2D eigenvalue weighted by molar-refractivity contribution is -0.120. The maximum Gasteiger partial charge on any atom is 0.137 e. The van der Waals surface area contributed by atoms with Gasteiger partial charge in [0.05, 0.1) is 0 Å². The van der Waals surface area contributed by atoms with E-state index in [0.29, 0.717) is 18.1 Å². The smallest absolute Gasteiger partial charge is 0.137 e. The Morgan fingerprint density at radius 2 is 2.35 bits per heavy atom. The number of aryl methyl sites for hydroxylation is 1. The van der Waals surface area contributed by atoms with Crippen LogP contribution in [0.15, 0.2) is 24.5 Å². The highest BCUT2D eigenvalue weighted by molar-refractivity contribution is 5.82. The highest BCUT2D eigenvalue weighted by Crippen LogP contribution is 2.19. The monoisotopic (exact) mass is 271 g/mol. The molecular formula is C16H21N3O. The van der Waals surface area contributed by atoms with Crippen molar-refractivity contribution in [2.45, 2.75) is 32.1 Å². The summed E-state index contributed by atoms with van der Waals surface area (Å²) in [5, 5.41) is 4.51. The molecular weight excluding hydrogens is 250 g/mol. The average Bonchev–Trinajstić information content (AvgIpc) is 2.95. The molecule has 0 aliphatic carbocycles. The molecule has 0 amide bonds. The molecule has 0 spiro atoms. The summed E-state index contributed by atoms with van der Waals surface area (Å²) in [5.41, 5.74) is 2.12. The van der Waals surface area contributed by atoms with Crippen molar-refractivity contribution in [3.8, 4) is 0 Å². The first-order chi connectivity index (χ1) is 9.83. The Labute approximate surface area is 119 Å². The first kappa shape index (κ1) is 13.3. The molecule has 1 aliphatic rings. The molecule has 0 radical (unpaired) electrons. The first-order valence-corrected chi connectivity index (χ1v) is 7.46. The molecule has 0 saturated carbocycles. The molecule has 0 bridgehead atoms. The van der Waals surface area contributed by atoms with Crippen LogP contribution < -0.4 is 5.32 Å². The van der Waals surface area contributed by atoms with Crippen LogP contribution in [0.3, 0.4) is 0 Å². The van der Waals surface area contributed by atoms with E-state index in [1.54, 1.807) is 0 Å². The predicted octanol–water partition coefficient (Wildman–Crippen LogP) is 2.45. The molecule has 1 unspecified atom stereocenters. The summed E-state index contributed by atoms with van der Waals surface area (Å²) in [7, 11) is 0. The van der Waals surface area contributed by atoms with E-state index < -0.39 is 0 Å². The zero-order valence-electron chi connectivity index (χ0n) is 11.7. The van der Waals surface area contributed by atoms with Gasteiger partial charge >= 0.3 is 0 Å². The van der Waals surface area contributed by atoms with E-state index in [-0.39, 0.29) is 0 Å². The van der Waals surface area contributed by atoms with Gasteiger partial charge in [0.25, 0.3) is 0 Å². The maximum absolute atomic E-state index is 12.1. The molecule has 2 aromatic rings. The first-order valence-electron chi connectivity index (χ1n) is 7.46. The third kappa shape index (κ3) is 3.07. The van der Waals surface area contributed by atoms with Crippen molar-refractivity contribution >= 4 is 16.8 Å². The minimum atomic E-state index is 0.388. The molecule has 4 heteroatoms. The second kappa shape index (κ2) is 6.18. The summed E-state index contributed by atoms with van der Waals surface area (Å²) in [4.78, 5) is 19.5. The van der Waals surface area contributed by atoms with Crippen LogP contribution in [0.4, 0.5) is 0 Å². The average molecular weight is 271 g/mol. The van der Waals surface area contributed by atoms with Crippen LogP contribution in [-0.2, 0) is 11.2 Å². The van der Waals surface area contributed by atoms with Gasteiger partial charge in [-0.3, -0.25) is 4.79 Å². The normalized spacial score (nSPS) is 19.3. The van der Waals surface area contributed by atoms with E-state index in [1.807, 2.05) is 24.5 Å². The fourth-order valence-corrected chi connectivity index (χ4v) is 3.03. The summed E-state index contributed by atoms with van der Waals surface area (Å²) in [5.74, 6) is 0.931. The number of nitrogens with one attached hydrogen (secondary N) is 2. The molecule has 3 rings (SSSR count). The largest absolute Gasteiger partial charge is 0.346 e. The van der Waals surface area contributed by atoms with Crippen molar-refractivity contribution < 1.29 is 4.79 Å². The van der Waals surface area contributed by atoms with Crippen molar-refractivity contribution in [1.82, 2.24) is 15.3 Å². The van der Waals surface area contributed by atoms with Crippen LogP contribution in [0.2, 0.25) is 0 Å². The maximum atomic E-state index is 12.1. The fourth-order valence-electron chi connectivity index (χ4n) is 3.03. The van der Waals surface area contributed by atoms with Gasteiger partial charge in [0.1, 0.15) is 11.4 Å². The van der Waals surface area contributed by atoms with Gasteiger partial charge in [-0.1, -0.05) is 0 Å². The Balaban J connectivity index is 1.56. The topological polar surface area (TPSA) is 57.8 Å². The summed E-state index contributed by atoms with van der Waals surface area (Å²) in [6.07, 6.45) is 8.29. The number of hydrogen-bond donors (Lipinski definition) is 2. The van der Waals surface area contributed by atoms with Crippen molar-refractivity contribution in [3.63, 3.8) is 0 Å². The molecule has 3 heterocycles. The number of aromatic nitrogens is 2. The molecule has 1 aliphatic heterocycles. The summed E-state index contributed by atoms with van der Waals surface area (Å²) in [6.45, 7) is 2.11. The van der Waals surface area contributed by atoms with E-state index in [9.17, 15) is 4.79 Å². The third-order valence-corrected chi connectivity index (χ3v) is 4.14. The van der Waals surface area contributed by atoms with Gasteiger partial charge in [0.15, 0.2) is 0 Å². The minimum absolute atomic E-state index is 0.388. The van der Waals surface area contributed by atoms with E-state index in [1.165, 1.54) is 18.4 Å². The van der Waals surface area contributed by atoms with Crippen LogP contribution >= 0.6 is 0 Å². The zero-order chi connectivity index (χ0) is 13.8. The van der Waals surface area contributed by atoms with E-state index in [4.69, 9.17) is 0 Å². The quantitative estimate of drug-likeness (QED) is 0.878. The second-order valence-corrected chi connectivity index (χ2v) is 5.67. The van der Waals surface area contributed by atoms with E-state index >= 15 is 0 Å². The highest BCUT2D eigenvalue weighted by atomic mass is 16.1. The number of Topliss-reactive ketones (excluding diaryl/α,β-unsaturated/α-hetero) is 1. The SMILES string of the molecule is O=C(CCc1ccnc2[nH]ccc12)CC1CCCNC1. The third-order valence-electron chi connectivity index (χ3n) is 4.14. The number of carbonyl (C=O) groups is 1. The number of nitrogens with zero attached hydrogens (tertiary/aromatic N) is 1. The second-order valence-electron chi connectivity index (χ2n) is 5.67. The van der Waals surface area contributed by atoms with Crippen molar-refractivity contribution in [2.24, 2.45) is 5.92 Å². The molecule has 4 nitrogen and oxygen atoms in total. The number of rotatable bonds is 5. The lowest BCUT2D eigenvalue weighted by Gasteiger charge is -2.21. The van der Waals surface area contributed by atoms with Crippen molar-refractivity contribution in [1.29, 1.82) is 0 Å². The number of fused-ring (bicyclic) bond motifs is 1. The minimum Gasteiger partial charge on any atom is -0.346 e. The molecule has 1 saturated heterocycles. The highest BCUT2D eigenvalue weighted by Gasteiger charge is 2.16. The summed E-state index contributed by atoms with van der Waals surface area (Å²) >= 11 is 0. The van der Waals surface area contributed by atoms with Gasteiger partial charge in [-0.05, 0) is 56.0 Å². The van der Waals surface area contributed by atoms with Crippen molar-refractivity contribution in [3.05, 3.63) is 30.1 Å². The van der Waals surface area contributed by atoms with Crippen LogP contribution in [-0.4, -0.2) is 28.8 Å². The lowest BCUT2D eigenvalue weighted by atomic mass is 9.92. The number of aromatic amines is 1. The molecule has 0 aromatic carbocycles. The van der Waals surface area contributed by atoms with E-state index in [0.717, 1.165) is 37.0 Å². The molecule has 106 valence electrons. The van der Waals surface area contributed by atoms with Crippen LogP contribution in [0.25, 0.3) is 11.0 Å². The molecule has 1 atom stereocenters. The number of hydrogen-bond acceptors (Lipinski definition) is 3. The van der Waals surface area contributed by atoms with Crippen LogP contribution in [0.1, 0.15) is 31.2 Å². The van der Waals surface area contributed by atoms with Crippen molar-refractivity contribution in [2.75, 3.05) is 13.1 Å². The van der Waals surface area contributed by atoms with Gasteiger partial charge in [-0.25, -0.2) is 4.98 Å². The van der Waals surface area contributed by atoms with E-state index in [2.05, 4.69) is 15.3 Å². The number of carbonyl (C=O) groups excluding carboxylic acids is 1. The van der Waals surface area contributed by atoms with Crippen LogP contribution in [0.5, 0.6) is 0 Å². The number of pyridine rings is 1.